The second-order valence-electron chi connectivity index (χ2n) is 9.09. The summed E-state index contributed by atoms with van der Waals surface area (Å²) in [5, 5.41) is 4.15. The van der Waals surface area contributed by atoms with Gasteiger partial charge in [-0.25, -0.2) is 19.2 Å². The van der Waals surface area contributed by atoms with E-state index in [1.54, 1.807) is 79.1 Å². The molecule has 0 unspecified atom stereocenters. The number of rotatable bonds is 4. The minimum Gasteiger partial charge on any atom is -0.497 e. The number of amides is 2. The summed E-state index contributed by atoms with van der Waals surface area (Å²) < 4.78 is 23.0. The average molecular weight is 461 g/mol. The Balaban J connectivity index is 2.58. The summed E-state index contributed by atoms with van der Waals surface area (Å²) in [5.41, 5.74) is -0.931. The lowest BCUT2D eigenvalue weighted by Gasteiger charge is -2.28. The van der Waals surface area contributed by atoms with E-state index in [-0.39, 0.29) is 12.5 Å². The number of carbonyl (C=O) groups is 2. The van der Waals surface area contributed by atoms with Crippen LogP contribution >= 0.6 is 0 Å². The van der Waals surface area contributed by atoms with E-state index in [2.05, 4.69) is 10.1 Å². The second kappa shape index (κ2) is 10.4. The molecule has 0 aliphatic heterocycles. The van der Waals surface area contributed by atoms with Gasteiger partial charge >= 0.3 is 12.2 Å². The maximum atomic E-state index is 13.3. The quantitative estimate of drug-likeness (QED) is 0.489. The fraction of sp³-hybridized carbons (Fsp3) is 0.478. The van der Waals surface area contributed by atoms with Crippen LogP contribution < -0.4 is 9.47 Å². The van der Waals surface area contributed by atoms with Crippen LogP contribution in [0.3, 0.4) is 0 Å². The van der Waals surface area contributed by atoms with Gasteiger partial charge in [-0.2, -0.15) is 5.10 Å². The van der Waals surface area contributed by atoms with E-state index >= 15 is 0 Å². The molecule has 10 nitrogen and oxygen atoms in total. The highest BCUT2D eigenvalue weighted by Crippen LogP contribution is 2.27. The van der Waals surface area contributed by atoms with Crippen molar-refractivity contribution in [2.75, 3.05) is 14.2 Å². The maximum absolute atomic E-state index is 13.3. The fourth-order valence-corrected chi connectivity index (χ4v) is 2.68. The summed E-state index contributed by atoms with van der Waals surface area (Å²) in [4.78, 5) is 31.1. The number of methoxy groups -OCH3 is 2. The molecule has 0 radical (unpaired) electrons. The zero-order chi connectivity index (χ0) is 24.8. The van der Waals surface area contributed by atoms with Crippen LogP contribution in [0.15, 0.2) is 41.7 Å². The lowest BCUT2D eigenvalue weighted by molar-refractivity contribution is 0.0350. The van der Waals surface area contributed by atoms with Gasteiger partial charge < -0.3 is 18.9 Å². The van der Waals surface area contributed by atoms with Gasteiger partial charge in [-0.05, 0) is 59.7 Å². The molecule has 180 valence electrons. The number of benzene rings is 1. The van der Waals surface area contributed by atoms with Crippen molar-refractivity contribution in [1.82, 2.24) is 14.7 Å². The summed E-state index contributed by atoms with van der Waals surface area (Å²) in [7, 11) is 3.06. The molecular formula is C23H32N4O6. The van der Waals surface area contributed by atoms with Crippen molar-refractivity contribution in [3.05, 3.63) is 42.2 Å². The summed E-state index contributed by atoms with van der Waals surface area (Å²) in [6.45, 7) is 10.4. The third kappa shape index (κ3) is 7.81. The Morgan fingerprint density at radius 2 is 1.70 bits per heavy atom. The molecule has 0 spiro atoms. The van der Waals surface area contributed by atoms with Crippen molar-refractivity contribution < 1.29 is 28.5 Å². The highest BCUT2D eigenvalue weighted by molar-refractivity contribution is 5.99. The van der Waals surface area contributed by atoms with Gasteiger partial charge in [0.05, 0.1) is 20.8 Å². The first kappa shape index (κ1) is 25.7. The Morgan fingerprint density at radius 3 is 2.21 bits per heavy atom. The zero-order valence-electron chi connectivity index (χ0n) is 20.4. The molecule has 33 heavy (non-hydrogen) atoms. The van der Waals surface area contributed by atoms with Crippen molar-refractivity contribution in [1.29, 1.82) is 0 Å². The third-order valence-electron chi connectivity index (χ3n) is 3.97. The molecule has 2 aromatic rings. The van der Waals surface area contributed by atoms with Gasteiger partial charge in [-0.1, -0.05) is 0 Å². The normalized spacial score (nSPS) is 12.2. The Morgan fingerprint density at radius 1 is 1.03 bits per heavy atom. The van der Waals surface area contributed by atoms with Crippen LogP contribution in [-0.2, 0) is 16.0 Å². The maximum Gasteiger partial charge on any atom is 0.437 e. The second-order valence-corrected chi connectivity index (χ2v) is 9.09. The minimum absolute atomic E-state index is 0.0242. The van der Waals surface area contributed by atoms with Crippen LogP contribution in [0.25, 0.3) is 0 Å². The molecule has 0 saturated heterocycles. The summed E-state index contributed by atoms with van der Waals surface area (Å²) >= 11 is 0. The molecule has 0 atom stereocenters. The minimum atomic E-state index is -0.872. The lowest BCUT2D eigenvalue weighted by atomic mass is 10.1. The smallest absolute Gasteiger partial charge is 0.437 e. The fourth-order valence-electron chi connectivity index (χ4n) is 2.68. The van der Waals surface area contributed by atoms with Crippen molar-refractivity contribution in [3.63, 3.8) is 0 Å². The number of aliphatic imine (C=N–C) groups is 1. The molecule has 0 N–H and O–H groups in total. The molecular weight excluding hydrogens is 428 g/mol. The van der Waals surface area contributed by atoms with Gasteiger partial charge in [-0.3, -0.25) is 0 Å². The van der Waals surface area contributed by atoms with Crippen LogP contribution in [-0.4, -0.2) is 58.2 Å². The van der Waals surface area contributed by atoms with E-state index < -0.39 is 23.4 Å². The predicted molar refractivity (Wildman–Crippen MR) is 123 cm³/mol. The molecule has 2 amide bonds. The SMILES string of the molecule is COc1ccc(CN(C(=O)OC(C)(C)C)C(=NC(=O)OC(C)(C)C)n2cccn2)c(OC)c1. The highest BCUT2D eigenvalue weighted by Gasteiger charge is 2.30. The Kier molecular flexibility index (Phi) is 8.08. The molecule has 0 fully saturated rings. The van der Waals surface area contributed by atoms with Crippen LogP contribution in [0.4, 0.5) is 9.59 Å². The van der Waals surface area contributed by atoms with Crippen molar-refractivity contribution in [3.8, 4) is 11.5 Å². The number of hydrogen-bond donors (Lipinski definition) is 0. The summed E-state index contributed by atoms with van der Waals surface area (Å²) in [6, 6.07) is 6.83. The first-order chi connectivity index (χ1) is 15.3. The third-order valence-corrected chi connectivity index (χ3v) is 3.97. The molecule has 0 aliphatic carbocycles. The summed E-state index contributed by atoms with van der Waals surface area (Å²) in [6.07, 6.45) is 1.47. The van der Waals surface area contributed by atoms with Gasteiger partial charge in [0.2, 0.25) is 5.96 Å². The van der Waals surface area contributed by atoms with Crippen molar-refractivity contribution >= 4 is 18.1 Å². The van der Waals surface area contributed by atoms with E-state index in [1.165, 1.54) is 22.9 Å². The molecule has 0 bridgehead atoms. The molecule has 1 aromatic carbocycles. The number of nitrogens with zero attached hydrogens (tertiary/aromatic N) is 4. The molecule has 1 heterocycles. The van der Waals surface area contributed by atoms with Crippen molar-refractivity contribution in [2.45, 2.75) is 59.3 Å². The van der Waals surface area contributed by atoms with Gasteiger partial charge in [0, 0.05) is 24.0 Å². The summed E-state index contributed by atoms with van der Waals surface area (Å²) in [5.74, 6) is 0.996. The Labute approximate surface area is 194 Å². The van der Waals surface area contributed by atoms with E-state index in [4.69, 9.17) is 18.9 Å². The number of ether oxygens (including phenoxy) is 4. The lowest BCUT2D eigenvalue weighted by Crippen LogP contribution is -2.44. The monoisotopic (exact) mass is 460 g/mol. The Bertz CT molecular complexity index is 987. The van der Waals surface area contributed by atoms with Gasteiger partial charge in [0.15, 0.2) is 0 Å². The number of aromatic nitrogens is 2. The molecule has 2 rings (SSSR count). The molecule has 1 aromatic heterocycles. The van der Waals surface area contributed by atoms with E-state index in [1.807, 2.05) is 0 Å². The standard InChI is InChI=1S/C23H32N4O6/c1-22(2,3)32-20(28)25-19(27-13-9-12-24-27)26(21(29)33-23(4,5)6)15-16-10-11-17(30-7)14-18(16)31-8/h9-14H,15H2,1-8H3. The first-order valence-corrected chi connectivity index (χ1v) is 10.4. The largest absolute Gasteiger partial charge is 0.497 e. The van der Waals surface area contributed by atoms with Crippen LogP contribution in [0.5, 0.6) is 11.5 Å². The van der Waals surface area contributed by atoms with Gasteiger partial charge in [0.1, 0.15) is 22.7 Å². The van der Waals surface area contributed by atoms with E-state index in [0.717, 1.165) is 0 Å². The first-order valence-electron chi connectivity index (χ1n) is 10.4. The molecule has 10 heteroatoms. The molecule has 0 aliphatic rings. The average Bonchev–Trinajstić information content (AvgIpc) is 3.22. The van der Waals surface area contributed by atoms with Gasteiger partial charge in [0.25, 0.3) is 0 Å². The van der Waals surface area contributed by atoms with Crippen LogP contribution in [0.2, 0.25) is 0 Å². The number of hydrogen-bond acceptors (Lipinski definition) is 7. The Hall–Kier alpha value is -3.56. The molecule has 0 saturated carbocycles. The van der Waals surface area contributed by atoms with Crippen LogP contribution in [0.1, 0.15) is 47.1 Å². The topological polar surface area (TPSA) is 104 Å². The zero-order valence-corrected chi connectivity index (χ0v) is 20.4. The highest BCUT2D eigenvalue weighted by atomic mass is 16.6. The van der Waals surface area contributed by atoms with E-state index in [9.17, 15) is 9.59 Å². The van der Waals surface area contributed by atoms with Crippen LogP contribution in [0, 0.1) is 0 Å². The number of carbonyl (C=O) groups excluding carboxylic acids is 2. The van der Waals surface area contributed by atoms with E-state index in [0.29, 0.717) is 17.1 Å². The predicted octanol–water partition coefficient (Wildman–Crippen LogP) is 4.48. The van der Waals surface area contributed by atoms with Gasteiger partial charge in [-0.15, -0.1) is 4.99 Å². The van der Waals surface area contributed by atoms with Crippen molar-refractivity contribution in [2.24, 2.45) is 4.99 Å².